The van der Waals surface area contributed by atoms with Gasteiger partial charge in [-0.05, 0) is 31.0 Å². The van der Waals surface area contributed by atoms with Crippen LogP contribution in [0.1, 0.15) is 29.8 Å². The van der Waals surface area contributed by atoms with E-state index in [1.165, 1.54) is 7.11 Å². The van der Waals surface area contributed by atoms with Crippen LogP contribution in [0.25, 0.3) is 0 Å². The van der Waals surface area contributed by atoms with Crippen LogP contribution in [0.2, 0.25) is 0 Å². The molecule has 0 saturated heterocycles. The zero-order valence-electron chi connectivity index (χ0n) is 10.3. The van der Waals surface area contributed by atoms with E-state index < -0.39 is 11.8 Å². The van der Waals surface area contributed by atoms with E-state index in [2.05, 4.69) is 4.74 Å². The number of aryl methyl sites for hydroxylation is 1. The van der Waals surface area contributed by atoms with Crippen molar-refractivity contribution < 1.29 is 19.1 Å². The molecule has 0 unspecified atom stereocenters. The van der Waals surface area contributed by atoms with Gasteiger partial charge < -0.3 is 9.47 Å². The first kappa shape index (κ1) is 13.2. The van der Waals surface area contributed by atoms with Gasteiger partial charge in [0.1, 0.15) is 5.75 Å². The van der Waals surface area contributed by atoms with Crippen LogP contribution >= 0.6 is 0 Å². The number of carbonyl (C=O) groups is 2. The summed E-state index contributed by atoms with van der Waals surface area (Å²) in [6, 6.07) is 5.21. The third-order valence-corrected chi connectivity index (χ3v) is 2.38. The lowest BCUT2D eigenvalue weighted by Gasteiger charge is -2.08. The van der Waals surface area contributed by atoms with Gasteiger partial charge in [0, 0.05) is 0 Å². The van der Waals surface area contributed by atoms with Crippen LogP contribution in [0.5, 0.6) is 5.75 Å². The second kappa shape index (κ2) is 6.03. The highest BCUT2D eigenvalue weighted by molar-refractivity contribution is 6.41. The number of methoxy groups -OCH3 is 1. The summed E-state index contributed by atoms with van der Waals surface area (Å²) >= 11 is 0. The summed E-state index contributed by atoms with van der Waals surface area (Å²) in [4.78, 5) is 23.2. The van der Waals surface area contributed by atoms with E-state index in [9.17, 15) is 9.59 Å². The van der Waals surface area contributed by atoms with E-state index in [1.807, 2.05) is 13.0 Å². The Morgan fingerprint density at radius 3 is 2.47 bits per heavy atom. The van der Waals surface area contributed by atoms with Crippen molar-refractivity contribution in [3.63, 3.8) is 0 Å². The van der Waals surface area contributed by atoms with Crippen molar-refractivity contribution >= 4 is 11.8 Å². The molecule has 17 heavy (non-hydrogen) atoms. The van der Waals surface area contributed by atoms with Crippen molar-refractivity contribution in [3.05, 3.63) is 29.3 Å². The van der Waals surface area contributed by atoms with Crippen LogP contribution in [0.3, 0.4) is 0 Å². The Kier molecular flexibility index (Phi) is 4.69. The second-order valence-electron chi connectivity index (χ2n) is 3.44. The van der Waals surface area contributed by atoms with Crippen molar-refractivity contribution in [1.82, 2.24) is 0 Å². The molecule has 1 rings (SSSR count). The van der Waals surface area contributed by atoms with Crippen molar-refractivity contribution in [1.29, 1.82) is 0 Å². The Balaban J connectivity index is 3.09. The van der Waals surface area contributed by atoms with Crippen LogP contribution in [-0.4, -0.2) is 25.5 Å². The van der Waals surface area contributed by atoms with Crippen LogP contribution in [0.4, 0.5) is 0 Å². The van der Waals surface area contributed by atoms with Gasteiger partial charge in [-0.1, -0.05) is 13.0 Å². The van der Waals surface area contributed by atoms with Crippen molar-refractivity contribution in [2.45, 2.75) is 20.3 Å². The number of rotatable bonds is 5. The maximum absolute atomic E-state index is 11.8. The van der Waals surface area contributed by atoms with E-state index >= 15 is 0 Å². The highest BCUT2D eigenvalue weighted by Gasteiger charge is 2.21. The first-order valence-electron chi connectivity index (χ1n) is 5.52. The normalized spacial score (nSPS) is 9.82. The summed E-state index contributed by atoms with van der Waals surface area (Å²) in [5.74, 6) is -1.13. The molecule has 0 aliphatic heterocycles. The molecule has 1 aromatic rings. The fourth-order valence-electron chi connectivity index (χ4n) is 1.46. The van der Waals surface area contributed by atoms with Gasteiger partial charge in [0.25, 0.3) is 5.78 Å². The molecule has 0 amide bonds. The molecule has 0 aliphatic carbocycles. The van der Waals surface area contributed by atoms with E-state index in [1.54, 1.807) is 19.1 Å². The lowest BCUT2D eigenvalue weighted by atomic mass is 10.0. The summed E-state index contributed by atoms with van der Waals surface area (Å²) in [5.41, 5.74) is 1.23. The topological polar surface area (TPSA) is 52.6 Å². The molecule has 1 aromatic carbocycles. The molecule has 0 atom stereocenters. The fraction of sp³-hybridized carbons (Fsp3) is 0.385. The van der Waals surface area contributed by atoms with Crippen LogP contribution in [-0.2, 0) is 16.0 Å². The van der Waals surface area contributed by atoms with E-state index in [-0.39, 0.29) is 12.2 Å². The molecule has 0 aromatic heterocycles. The van der Waals surface area contributed by atoms with E-state index in [0.29, 0.717) is 5.75 Å². The minimum atomic E-state index is -0.848. The number of ether oxygens (including phenoxy) is 2. The highest BCUT2D eigenvalue weighted by atomic mass is 16.5. The molecule has 0 fully saturated rings. The standard InChI is InChI=1S/C13H16O4/c1-4-9-6-7-11(16-3)10(8-9)12(14)13(15)17-5-2/h6-8H,4-5H2,1-3H3. The van der Waals surface area contributed by atoms with Crippen LogP contribution in [0.15, 0.2) is 18.2 Å². The van der Waals surface area contributed by atoms with Crippen molar-refractivity contribution in [3.8, 4) is 5.75 Å². The molecule has 0 bridgehead atoms. The zero-order chi connectivity index (χ0) is 12.8. The third kappa shape index (κ3) is 3.06. The van der Waals surface area contributed by atoms with Gasteiger partial charge in [-0.15, -0.1) is 0 Å². The molecule has 0 spiro atoms. The van der Waals surface area contributed by atoms with Gasteiger partial charge in [0.2, 0.25) is 0 Å². The zero-order valence-corrected chi connectivity index (χ0v) is 10.3. The molecular formula is C13H16O4. The molecule has 0 radical (unpaired) electrons. The van der Waals surface area contributed by atoms with Gasteiger partial charge in [-0.25, -0.2) is 4.79 Å². The SMILES string of the molecule is CCOC(=O)C(=O)c1cc(CC)ccc1OC. The first-order valence-corrected chi connectivity index (χ1v) is 5.52. The average molecular weight is 236 g/mol. The number of benzene rings is 1. The average Bonchev–Trinajstić information content (AvgIpc) is 2.37. The molecule has 0 saturated carbocycles. The Bertz CT molecular complexity index is 423. The Morgan fingerprint density at radius 1 is 1.24 bits per heavy atom. The van der Waals surface area contributed by atoms with Gasteiger partial charge in [-0.3, -0.25) is 4.79 Å². The number of esters is 1. The Labute approximate surface area is 101 Å². The van der Waals surface area contributed by atoms with Crippen LogP contribution < -0.4 is 4.74 Å². The van der Waals surface area contributed by atoms with Crippen LogP contribution in [0, 0.1) is 0 Å². The fourth-order valence-corrected chi connectivity index (χ4v) is 1.46. The van der Waals surface area contributed by atoms with Gasteiger partial charge in [-0.2, -0.15) is 0 Å². The minimum Gasteiger partial charge on any atom is -0.496 e. The molecule has 0 N–H and O–H groups in total. The minimum absolute atomic E-state index is 0.181. The molecule has 4 nitrogen and oxygen atoms in total. The summed E-state index contributed by atoms with van der Waals surface area (Å²) in [7, 11) is 1.46. The number of hydrogen-bond donors (Lipinski definition) is 0. The third-order valence-electron chi connectivity index (χ3n) is 2.38. The molecule has 0 aliphatic rings. The van der Waals surface area contributed by atoms with E-state index in [4.69, 9.17) is 4.74 Å². The molecular weight excluding hydrogens is 220 g/mol. The number of carbonyl (C=O) groups excluding carboxylic acids is 2. The summed E-state index contributed by atoms with van der Waals surface area (Å²) < 4.78 is 9.75. The molecule has 92 valence electrons. The van der Waals surface area contributed by atoms with Crippen molar-refractivity contribution in [2.75, 3.05) is 13.7 Å². The highest BCUT2D eigenvalue weighted by Crippen LogP contribution is 2.21. The maximum atomic E-state index is 11.8. The summed E-state index contributed by atoms with van der Waals surface area (Å²) in [5, 5.41) is 0. The largest absolute Gasteiger partial charge is 0.496 e. The second-order valence-corrected chi connectivity index (χ2v) is 3.44. The maximum Gasteiger partial charge on any atom is 0.379 e. The number of hydrogen-bond acceptors (Lipinski definition) is 4. The Hall–Kier alpha value is -1.84. The Morgan fingerprint density at radius 2 is 1.94 bits per heavy atom. The summed E-state index contributed by atoms with van der Waals surface area (Å²) in [6.45, 7) is 3.81. The predicted octanol–water partition coefficient (Wildman–Crippen LogP) is 2.00. The van der Waals surface area contributed by atoms with Crippen molar-refractivity contribution in [2.24, 2.45) is 0 Å². The lowest BCUT2D eigenvalue weighted by Crippen LogP contribution is -2.18. The van der Waals surface area contributed by atoms with E-state index in [0.717, 1.165) is 12.0 Å². The van der Waals surface area contributed by atoms with Gasteiger partial charge >= 0.3 is 5.97 Å². The molecule has 0 heterocycles. The lowest BCUT2D eigenvalue weighted by molar-refractivity contribution is -0.137. The van der Waals surface area contributed by atoms with Gasteiger partial charge in [0.15, 0.2) is 0 Å². The van der Waals surface area contributed by atoms with Gasteiger partial charge in [0.05, 0.1) is 19.3 Å². The summed E-state index contributed by atoms with van der Waals surface area (Å²) in [6.07, 6.45) is 0.785. The smallest absolute Gasteiger partial charge is 0.379 e. The quantitative estimate of drug-likeness (QED) is 0.446. The predicted molar refractivity (Wildman–Crippen MR) is 63.3 cm³/mol. The number of ketones is 1. The number of Topliss-reactive ketones (excluding diaryl/α,β-unsaturated/α-hetero) is 1. The monoisotopic (exact) mass is 236 g/mol. The molecule has 4 heteroatoms. The first-order chi connectivity index (χ1) is 8.13.